The summed E-state index contributed by atoms with van der Waals surface area (Å²) >= 11 is 0. The lowest BCUT2D eigenvalue weighted by molar-refractivity contribution is -0.144. The standard InChI is InChI=1S/C9H14N2O7/c10-9(16)11-4(1-5(13)14)18-7-6(15)3(2-12)17-8(7)11/h3-4,6-8,12,15H,1-2H2,(H2,10,16)(H,13,14)/t3-,4+,6-,7+,8-/m1/s1. The zero-order valence-electron chi connectivity index (χ0n) is 9.30. The number of amides is 2. The SMILES string of the molecule is NC(=O)N1[C@H](CC(=O)O)O[C@H]2[C@H](O)[C@@H](CO)O[C@H]21. The normalized spacial score (nSPS) is 38.8. The zero-order chi connectivity index (χ0) is 13.4. The van der Waals surface area contributed by atoms with Crippen LogP contribution in [0.2, 0.25) is 0 Å². The monoisotopic (exact) mass is 262 g/mol. The minimum Gasteiger partial charge on any atom is -0.481 e. The molecule has 2 rings (SSSR count). The zero-order valence-corrected chi connectivity index (χ0v) is 9.30. The number of primary amides is 1. The molecule has 0 aromatic rings. The number of nitrogens with two attached hydrogens (primary N) is 1. The molecule has 2 fully saturated rings. The van der Waals surface area contributed by atoms with Crippen LogP contribution < -0.4 is 5.73 Å². The Balaban J connectivity index is 2.17. The van der Waals surface area contributed by atoms with Gasteiger partial charge >= 0.3 is 12.0 Å². The first-order chi connectivity index (χ1) is 8.45. The predicted molar refractivity (Wildman–Crippen MR) is 54.1 cm³/mol. The number of carboxylic acids is 1. The second kappa shape index (κ2) is 4.69. The number of nitrogens with zero attached hydrogens (tertiary/aromatic N) is 1. The minimum absolute atomic E-state index is 0.437. The van der Waals surface area contributed by atoms with Crippen molar-refractivity contribution in [3.05, 3.63) is 0 Å². The van der Waals surface area contributed by atoms with Gasteiger partial charge in [0.1, 0.15) is 24.5 Å². The molecule has 9 nitrogen and oxygen atoms in total. The molecule has 0 aromatic heterocycles. The first-order valence-corrected chi connectivity index (χ1v) is 5.35. The Morgan fingerprint density at radius 2 is 2.00 bits per heavy atom. The number of carbonyl (C=O) groups excluding carboxylic acids is 1. The van der Waals surface area contributed by atoms with Gasteiger partial charge in [-0.1, -0.05) is 0 Å². The Hall–Kier alpha value is -1.42. The summed E-state index contributed by atoms with van der Waals surface area (Å²) in [7, 11) is 0. The number of rotatable bonds is 3. The first kappa shape index (κ1) is 13.0. The third-order valence-electron chi connectivity index (χ3n) is 3.00. The number of hydrogen-bond acceptors (Lipinski definition) is 6. The largest absolute Gasteiger partial charge is 0.481 e. The van der Waals surface area contributed by atoms with Crippen molar-refractivity contribution in [2.75, 3.05) is 6.61 Å². The van der Waals surface area contributed by atoms with E-state index in [9.17, 15) is 14.7 Å². The fraction of sp³-hybridized carbons (Fsp3) is 0.778. The molecule has 102 valence electrons. The number of aliphatic hydroxyl groups is 2. The molecular weight excluding hydrogens is 248 g/mol. The number of ether oxygens (including phenoxy) is 2. The van der Waals surface area contributed by atoms with Gasteiger partial charge in [0.2, 0.25) is 0 Å². The van der Waals surface area contributed by atoms with Gasteiger partial charge in [0.25, 0.3) is 0 Å². The lowest BCUT2D eigenvalue weighted by Gasteiger charge is -2.25. The smallest absolute Gasteiger partial charge is 0.319 e. The molecule has 5 N–H and O–H groups in total. The van der Waals surface area contributed by atoms with Crippen molar-refractivity contribution >= 4 is 12.0 Å². The van der Waals surface area contributed by atoms with E-state index in [4.69, 9.17) is 25.4 Å². The van der Waals surface area contributed by atoms with Crippen molar-refractivity contribution in [1.82, 2.24) is 4.90 Å². The maximum absolute atomic E-state index is 11.3. The average molecular weight is 262 g/mol. The Kier molecular flexibility index (Phi) is 3.39. The molecule has 0 saturated carbocycles. The molecule has 18 heavy (non-hydrogen) atoms. The summed E-state index contributed by atoms with van der Waals surface area (Å²) in [6, 6.07) is -0.903. The van der Waals surface area contributed by atoms with Gasteiger partial charge in [-0.3, -0.25) is 9.69 Å². The van der Waals surface area contributed by atoms with E-state index in [2.05, 4.69) is 0 Å². The van der Waals surface area contributed by atoms with Gasteiger partial charge in [0.05, 0.1) is 13.0 Å². The van der Waals surface area contributed by atoms with Gasteiger partial charge in [-0.05, 0) is 0 Å². The van der Waals surface area contributed by atoms with Gasteiger partial charge in [-0.25, -0.2) is 4.79 Å². The van der Waals surface area contributed by atoms with Gasteiger partial charge in [-0.2, -0.15) is 0 Å². The van der Waals surface area contributed by atoms with Crippen molar-refractivity contribution in [2.45, 2.75) is 37.2 Å². The lowest BCUT2D eigenvalue weighted by atomic mass is 10.1. The topological polar surface area (TPSA) is 143 Å². The van der Waals surface area contributed by atoms with Crippen LogP contribution in [0.1, 0.15) is 6.42 Å². The van der Waals surface area contributed by atoms with Crippen LogP contribution >= 0.6 is 0 Å². The highest BCUT2D eigenvalue weighted by molar-refractivity contribution is 5.74. The molecule has 2 aliphatic heterocycles. The van der Waals surface area contributed by atoms with Crippen molar-refractivity contribution in [3.63, 3.8) is 0 Å². The third kappa shape index (κ3) is 2.01. The molecule has 2 saturated heterocycles. The number of carboxylic acid groups (broad SMARTS) is 1. The molecule has 0 bridgehead atoms. The first-order valence-electron chi connectivity index (χ1n) is 5.35. The summed E-state index contributed by atoms with van der Waals surface area (Å²) < 4.78 is 10.5. The van der Waals surface area contributed by atoms with Crippen molar-refractivity contribution < 1.29 is 34.4 Å². The van der Waals surface area contributed by atoms with Gasteiger partial charge in [-0.15, -0.1) is 0 Å². The fourth-order valence-electron chi connectivity index (χ4n) is 2.21. The Labute approximate surface area is 102 Å². The molecule has 0 unspecified atom stereocenters. The molecule has 5 atom stereocenters. The number of urea groups is 1. The van der Waals surface area contributed by atoms with Crippen LogP contribution in [0.15, 0.2) is 0 Å². The van der Waals surface area contributed by atoms with Crippen LogP contribution in [0.3, 0.4) is 0 Å². The molecule has 0 radical (unpaired) electrons. The maximum Gasteiger partial charge on any atom is 0.319 e. The number of hydrogen-bond donors (Lipinski definition) is 4. The molecule has 0 aromatic carbocycles. The summed E-state index contributed by atoms with van der Waals surface area (Å²) in [6.07, 6.45) is -5.44. The average Bonchev–Trinajstić information content (AvgIpc) is 2.75. The lowest BCUT2D eigenvalue weighted by Crippen LogP contribution is -2.47. The third-order valence-corrected chi connectivity index (χ3v) is 3.00. The van der Waals surface area contributed by atoms with E-state index in [1.54, 1.807) is 0 Å². The summed E-state index contributed by atoms with van der Waals surface area (Å²) in [5.74, 6) is -1.17. The highest BCUT2D eigenvalue weighted by atomic mass is 16.6. The summed E-state index contributed by atoms with van der Waals surface area (Å²) in [6.45, 7) is -0.437. The fourth-order valence-corrected chi connectivity index (χ4v) is 2.21. The predicted octanol–water partition coefficient (Wildman–Crippen LogP) is -2.36. The molecule has 2 amide bonds. The van der Waals surface area contributed by atoms with Crippen LogP contribution in [0.25, 0.3) is 0 Å². The molecule has 0 spiro atoms. The molecule has 0 aliphatic carbocycles. The van der Waals surface area contributed by atoms with Crippen LogP contribution in [0.5, 0.6) is 0 Å². The van der Waals surface area contributed by atoms with E-state index in [0.717, 1.165) is 4.90 Å². The van der Waals surface area contributed by atoms with E-state index in [0.29, 0.717) is 0 Å². The Morgan fingerprint density at radius 1 is 1.33 bits per heavy atom. The summed E-state index contributed by atoms with van der Waals surface area (Å²) in [4.78, 5) is 22.9. The van der Waals surface area contributed by atoms with E-state index in [-0.39, 0.29) is 0 Å². The number of fused-ring (bicyclic) bond motifs is 1. The van der Waals surface area contributed by atoms with Gasteiger partial charge < -0.3 is 30.5 Å². The maximum atomic E-state index is 11.3. The summed E-state index contributed by atoms with van der Waals surface area (Å²) in [5.41, 5.74) is 5.14. The van der Waals surface area contributed by atoms with E-state index < -0.39 is 55.8 Å². The van der Waals surface area contributed by atoms with Gasteiger partial charge in [0.15, 0.2) is 6.23 Å². The quantitative estimate of drug-likeness (QED) is 0.445. The van der Waals surface area contributed by atoms with Crippen LogP contribution in [-0.2, 0) is 14.3 Å². The van der Waals surface area contributed by atoms with Crippen molar-refractivity contribution in [2.24, 2.45) is 5.73 Å². The molecular formula is C9H14N2O7. The van der Waals surface area contributed by atoms with Crippen LogP contribution in [-0.4, -0.2) is 69.6 Å². The van der Waals surface area contributed by atoms with E-state index in [1.165, 1.54) is 0 Å². The summed E-state index contributed by atoms with van der Waals surface area (Å²) in [5, 5.41) is 27.4. The number of aliphatic hydroxyl groups excluding tert-OH is 2. The number of aliphatic carboxylic acids is 1. The van der Waals surface area contributed by atoms with Crippen molar-refractivity contribution in [1.29, 1.82) is 0 Å². The Morgan fingerprint density at radius 3 is 2.50 bits per heavy atom. The van der Waals surface area contributed by atoms with Gasteiger partial charge in [0, 0.05) is 0 Å². The minimum atomic E-state index is -1.17. The number of carbonyl (C=O) groups is 2. The van der Waals surface area contributed by atoms with E-state index >= 15 is 0 Å². The molecule has 2 heterocycles. The van der Waals surface area contributed by atoms with Crippen molar-refractivity contribution in [3.8, 4) is 0 Å². The van der Waals surface area contributed by atoms with Crippen LogP contribution in [0, 0.1) is 0 Å². The molecule has 2 aliphatic rings. The second-order valence-electron chi connectivity index (χ2n) is 4.14. The van der Waals surface area contributed by atoms with Crippen LogP contribution in [0.4, 0.5) is 4.79 Å². The Bertz CT molecular complexity index is 363. The second-order valence-corrected chi connectivity index (χ2v) is 4.14. The van der Waals surface area contributed by atoms with E-state index in [1.807, 2.05) is 0 Å². The highest BCUT2D eigenvalue weighted by Gasteiger charge is 2.56. The molecule has 9 heteroatoms. The highest BCUT2D eigenvalue weighted by Crippen LogP contribution is 2.35.